The van der Waals surface area contributed by atoms with E-state index in [1.165, 1.54) is 57.4 Å². The van der Waals surface area contributed by atoms with Gasteiger partial charge in [0.05, 0.1) is 19.8 Å². The van der Waals surface area contributed by atoms with Gasteiger partial charge in [-0.2, -0.15) is 0 Å². The highest BCUT2D eigenvalue weighted by Gasteiger charge is 2.27. The average Bonchev–Trinajstić information content (AvgIpc) is 2.89. The fourth-order valence-electron chi connectivity index (χ4n) is 5.15. The number of rotatable bonds is 8. The molecule has 3 saturated heterocycles. The lowest BCUT2D eigenvalue weighted by Gasteiger charge is -2.37. The van der Waals surface area contributed by atoms with Crippen molar-refractivity contribution >= 4 is 11.9 Å². The number of hydrogen-bond donors (Lipinski definition) is 3. The predicted octanol–water partition coefficient (Wildman–Crippen LogP) is 3.18. The molecule has 3 heterocycles. The summed E-state index contributed by atoms with van der Waals surface area (Å²) >= 11 is 0. The van der Waals surface area contributed by atoms with E-state index in [0.29, 0.717) is 0 Å². The number of aliphatic carboxylic acids is 2. The first-order valence-electron chi connectivity index (χ1n) is 13.7. The monoisotopic (exact) mass is 521 g/mol. The summed E-state index contributed by atoms with van der Waals surface area (Å²) in [5.74, 6) is 1.26. The van der Waals surface area contributed by atoms with E-state index in [1.54, 1.807) is 0 Å². The molecule has 0 spiro atoms. The highest BCUT2D eigenvalue weighted by atomic mass is 16.5. The van der Waals surface area contributed by atoms with Crippen LogP contribution in [0.4, 0.5) is 0 Å². The van der Waals surface area contributed by atoms with Crippen LogP contribution in [-0.4, -0.2) is 97.6 Å². The van der Waals surface area contributed by atoms with Crippen LogP contribution in [0.5, 0.6) is 5.75 Å². The zero-order valence-corrected chi connectivity index (χ0v) is 22.7. The molecule has 0 aliphatic carbocycles. The quantitative estimate of drug-likeness (QED) is 0.444. The standard InChI is InChI=1S/C24H39N3O2.2C2H4O2/c1(12-26-15-18-28-19-16-26)17-29-24-4-2-21(3-5-24)20-27-13-8-23(9-14-27)22-6-10-25-11-7-22;2*1-2(3)4/h2-5,22-23,25H,1,6-20H2;2*1H3,(H,3,4). The first-order valence-corrected chi connectivity index (χ1v) is 13.7. The Kier molecular flexibility index (Phi) is 15.2. The van der Waals surface area contributed by atoms with Crippen LogP contribution in [-0.2, 0) is 20.9 Å². The van der Waals surface area contributed by atoms with Crippen LogP contribution < -0.4 is 10.1 Å². The topological polar surface area (TPSA) is 112 Å². The van der Waals surface area contributed by atoms with Crippen LogP contribution in [0.2, 0.25) is 0 Å². The third kappa shape index (κ3) is 14.4. The first kappa shape index (κ1) is 31.0. The Bertz CT molecular complexity index is 736. The van der Waals surface area contributed by atoms with Crippen molar-refractivity contribution in [3.05, 3.63) is 29.8 Å². The third-order valence-corrected chi connectivity index (χ3v) is 7.00. The van der Waals surface area contributed by atoms with Gasteiger partial charge in [0, 0.05) is 40.0 Å². The number of likely N-dealkylation sites (tertiary alicyclic amines) is 1. The number of carboxylic acid groups (broad SMARTS) is 2. The van der Waals surface area contributed by atoms with Gasteiger partial charge in [-0.3, -0.25) is 19.4 Å². The third-order valence-electron chi connectivity index (χ3n) is 7.00. The maximum atomic E-state index is 9.00. The average molecular weight is 522 g/mol. The highest BCUT2D eigenvalue weighted by Crippen LogP contribution is 2.31. The number of carboxylic acids is 2. The second-order valence-corrected chi connectivity index (χ2v) is 10.0. The van der Waals surface area contributed by atoms with Gasteiger partial charge >= 0.3 is 0 Å². The molecular formula is C28H47N3O6. The number of nitrogens with zero attached hydrogens (tertiary/aromatic N) is 2. The number of morpholine rings is 1. The van der Waals surface area contributed by atoms with Crippen LogP contribution in [0.1, 0.15) is 51.5 Å². The molecule has 0 atom stereocenters. The van der Waals surface area contributed by atoms with Crippen LogP contribution in [0, 0.1) is 11.8 Å². The summed E-state index contributed by atoms with van der Waals surface area (Å²) in [7, 11) is 0. The van der Waals surface area contributed by atoms with Gasteiger partial charge in [-0.15, -0.1) is 0 Å². The van der Waals surface area contributed by atoms with E-state index in [2.05, 4.69) is 39.4 Å². The maximum absolute atomic E-state index is 9.00. The van der Waals surface area contributed by atoms with E-state index in [-0.39, 0.29) is 0 Å². The van der Waals surface area contributed by atoms with Gasteiger partial charge in [-0.25, -0.2) is 0 Å². The SMILES string of the molecule is CC(=O)O.CC(=O)O.c1cc(OCCCN2CCOCC2)ccc1CN1CCC(C2CCNCC2)CC1. The molecule has 37 heavy (non-hydrogen) atoms. The largest absolute Gasteiger partial charge is 0.494 e. The van der Waals surface area contributed by atoms with Crippen molar-refractivity contribution in [3.8, 4) is 5.75 Å². The molecule has 3 fully saturated rings. The molecule has 3 aliphatic rings. The fourth-order valence-corrected chi connectivity index (χ4v) is 5.15. The molecule has 0 unspecified atom stereocenters. The molecule has 3 N–H and O–H groups in total. The lowest BCUT2D eigenvalue weighted by molar-refractivity contribution is -0.135. The van der Waals surface area contributed by atoms with E-state index >= 15 is 0 Å². The Hall–Kier alpha value is -2.20. The molecule has 4 rings (SSSR count). The Balaban J connectivity index is 0.000000530. The van der Waals surface area contributed by atoms with Gasteiger partial charge in [0.15, 0.2) is 0 Å². The summed E-state index contributed by atoms with van der Waals surface area (Å²) in [6.07, 6.45) is 6.62. The number of piperidine rings is 2. The van der Waals surface area contributed by atoms with Crippen LogP contribution in [0.25, 0.3) is 0 Å². The molecule has 1 aromatic carbocycles. The van der Waals surface area contributed by atoms with Crippen LogP contribution in [0.15, 0.2) is 24.3 Å². The van der Waals surface area contributed by atoms with Gasteiger partial charge in [-0.05, 0) is 87.8 Å². The van der Waals surface area contributed by atoms with E-state index in [4.69, 9.17) is 29.3 Å². The molecule has 0 amide bonds. The lowest BCUT2D eigenvalue weighted by atomic mass is 9.79. The molecule has 210 valence electrons. The van der Waals surface area contributed by atoms with Crippen molar-refractivity contribution in [2.45, 2.75) is 52.5 Å². The van der Waals surface area contributed by atoms with Crippen molar-refractivity contribution in [2.75, 3.05) is 65.6 Å². The van der Waals surface area contributed by atoms with Gasteiger partial charge in [0.1, 0.15) is 5.75 Å². The zero-order valence-electron chi connectivity index (χ0n) is 22.7. The molecule has 1 aromatic rings. The van der Waals surface area contributed by atoms with Crippen molar-refractivity contribution in [3.63, 3.8) is 0 Å². The normalized spacial score (nSPS) is 19.6. The first-order chi connectivity index (χ1) is 17.8. The van der Waals surface area contributed by atoms with E-state index in [9.17, 15) is 0 Å². The number of nitrogens with one attached hydrogen (secondary N) is 1. The minimum atomic E-state index is -0.833. The van der Waals surface area contributed by atoms with E-state index in [0.717, 1.165) is 83.9 Å². The summed E-state index contributed by atoms with van der Waals surface area (Å²) in [6, 6.07) is 8.78. The Morgan fingerprint density at radius 3 is 2.00 bits per heavy atom. The molecule has 3 aliphatic heterocycles. The summed E-state index contributed by atoms with van der Waals surface area (Å²) < 4.78 is 11.3. The maximum Gasteiger partial charge on any atom is 0.300 e. The molecular weight excluding hydrogens is 474 g/mol. The number of hydrogen-bond acceptors (Lipinski definition) is 7. The van der Waals surface area contributed by atoms with Gasteiger partial charge in [0.25, 0.3) is 11.9 Å². The van der Waals surface area contributed by atoms with Crippen molar-refractivity contribution < 1.29 is 29.3 Å². The van der Waals surface area contributed by atoms with Gasteiger partial charge in [0.2, 0.25) is 0 Å². The Morgan fingerprint density at radius 1 is 0.892 bits per heavy atom. The van der Waals surface area contributed by atoms with E-state index < -0.39 is 11.9 Å². The van der Waals surface area contributed by atoms with Crippen molar-refractivity contribution in [2.24, 2.45) is 11.8 Å². The smallest absolute Gasteiger partial charge is 0.300 e. The summed E-state index contributed by atoms with van der Waals surface area (Å²) in [6.45, 7) is 14.0. The zero-order chi connectivity index (χ0) is 26.9. The predicted molar refractivity (Wildman–Crippen MR) is 144 cm³/mol. The second-order valence-electron chi connectivity index (χ2n) is 10.0. The van der Waals surface area contributed by atoms with Crippen LogP contribution >= 0.6 is 0 Å². The number of benzene rings is 1. The highest BCUT2D eigenvalue weighted by molar-refractivity contribution is 5.63. The second kappa shape index (κ2) is 18.1. The van der Waals surface area contributed by atoms with Crippen molar-refractivity contribution in [1.82, 2.24) is 15.1 Å². The molecule has 0 bridgehead atoms. The number of ether oxygens (including phenoxy) is 2. The molecule has 0 aromatic heterocycles. The lowest BCUT2D eigenvalue weighted by Crippen LogP contribution is -2.39. The van der Waals surface area contributed by atoms with Crippen molar-refractivity contribution in [1.29, 1.82) is 0 Å². The Morgan fingerprint density at radius 2 is 1.43 bits per heavy atom. The fraction of sp³-hybridized carbons (Fsp3) is 0.714. The van der Waals surface area contributed by atoms with Gasteiger partial charge < -0.3 is 25.0 Å². The molecule has 9 heteroatoms. The Labute approximate surface area is 222 Å². The molecule has 0 saturated carbocycles. The summed E-state index contributed by atoms with van der Waals surface area (Å²) in [5, 5.41) is 18.3. The van der Waals surface area contributed by atoms with Crippen LogP contribution in [0.3, 0.4) is 0 Å². The number of carbonyl (C=O) groups is 2. The summed E-state index contributed by atoms with van der Waals surface area (Å²) in [5.41, 5.74) is 1.41. The minimum Gasteiger partial charge on any atom is -0.494 e. The minimum absolute atomic E-state index is 0.793. The van der Waals surface area contributed by atoms with E-state index in [1.807, 2.05) is 0 Å². The van der Waals surface area contributed by atoms with Gasteiger partial charge in [-0.1, -0.05) is 12.1 Å². The molecule has 0 radical (unpaired) electrons. The summed E-state index contributed by atoms with van der Waals surface area (Å²) in [4.78, 5) is 23.1. The molecule has 9 nitrogen and oxygen atoms in total.